The summed E-state index contributed by atoms with van der Waals surface area (Å²) >= 11 is 0. The Hall–Kier alpha value is -2.55. The molecule has 112 valence electrons. The first-order valence-electron chi connectivity index (χ1n) is 7.44. The van der Waals surface area contributed by atoms with Crippen LogP contribution in [0.1, 0.15) is 30.1 Å². The van der Waals surface area contributed by atoms with Crippen LogP contribution in [-0.2, 0) is 20.9 Å². The highest BCUT2D eigenvalue weighted by atomic mass is 16.5. The summed E-state index contributed by atoms with van der Waals surface area (Å²) in [7, 11) is 0. The van der Waals surface area contributed by atoms with Crippen LogP contribution in [0.25, 0.3) is 0 Å². The third-order valence-corrected chi connectivity index (χ3v) is 3.62. The van der Waals surface area contributed by atoms with Crippen molar-refractivity contribution in [3.05, 3.63) is 83.6 Å². The smallest absolute Gasteiger partial charge is 0.334 e. The third-order valence-electron chi connectivity index (χ3n) is 3.62. The van der Waals surface area contributed by atoms with Crippen molar-refractivity contribution < 1.29 is 14.3 Å². The Balaban J connectivity index is 1.54. The van der Waals surface area contributed by atoms with Crippen molar-refractivity contribution in [3.63, 3.8) is 0 Å². The van der Waals surface area contributed by atoms with Crippen LogP contribution >= 0.6 is 0 Å². The summed E-state index contributed by atoms with van der Waals surface area (Å²) < 4.78 is 11.1. The first kappa shape index (κ1) is 14.4. The molecule has 0 aromatic heterocycles. The molecule has 2 aromatic carbocycles. The molecule has 0 spiro atoms. The van der Waals surface area contributed by atoms with Crippen LogP contribution in [0.2, 0.25) is 0 Å². The maximum Gasteiger partial charge on any atom is 0.334 e. The molecule has 1 aliphatic heterocycles. The Bertz CT molecular complexity index is 647. The zero-order valence-corrected chi connectivity index (χ0v) is 12.3. The van der Waals surface area contributed by atoms with E-state index >= 15 is 0 Å². The summed E-state index contributed by atoms with van der Waals surface area (Å²) in [6, 6.07) is 19.7. The van der Waals surface area contributed by atoms with Crippen molar-refractivity contribution >= 4 is 5.97 Å². The van der Waals surface area contributed by atoms with Gasteiger partial charge in [-0.1, -0.05) is 60.7 Å². The van der Waals surface area contributed by atoms with Crippen LogP contribution in [0.4, 0.5) is 0 Å². The van der Waals surface area contributed by atoms with E-state index in [9.17, 15) is 4.79 Å². The molecule has 0 amide bonds. The van der Waals surface area contributed by atoms with Gasteiger partial charge in [0.15, 0.2) is 0 Å². The Morgan fingerprint density at radius 2 is 1.77 bits per heavy atom. The first-order valence-corrected chi connectivity index (χ1v) is 7.44. The van der Waals surface area contributed by atoms with Crippen LogP contribution in [-0.4, -0.2) is 5.97 Å². The molecular weight excluding hydrogens is 276 g/mol. The average molecular weight is 294 g/mol. The van der Waals surface area contributed by atoms with Gasteiger partial charge in [-0.3, -0.25) is 0 Å². The minimum atomic E-state index is -0.354. The molecule has 0 radical (unpaired) electrons. The summed E-state index contributed by atoms with van der Waals surface area (Å²) in [5.41, 5.74) is 2.12. The standard InChI is InChI=1S/C19H18O3/c20-19(21-14-15-7-3-1-4-8-15)13-17-11-12-18(22-17)16-9-5-2-6-10-16/h1-10,13,18H,11-12,14H2/b17-13+/t18-/m1/s1. The van der Waals surface area contributed by atoms with Crippen LogP contribution < -0.4 is 0 Å². The van der Waals surface area contributed by atoms with Gasteiger partial charge in [0.1, 0.15) is 18.5 Å². The van der Waals surface area contributed by atoms with Gasteiger partial charge in [-0.2, -0.15) is 0 Å². The zero-order valence-electron chi connectivity index (χ0n) is 12.3. The van der Waals surface area contributed by atoms with Crippen molar-refractivity contribution in [1.82, 2.24) is 0 Å². The number of hydrogen-bond donors (Lipinski definition) is 0. The maximum atomic E-state index is 11.8. The van der Waals surface area contributed by atoms with Gasteiger partial charge in [-0.05, 0) is 17.5 Å². The molecule has 1 heterocycles. The highest BCUT2D eigenvalue weighted by molar-refractivity contribution is 5.82. The predicted octanol–water partition coefficient (Wildman–Crippen LogP) is 4.17. The molecule has 0 bridgehead atoms. The topological polar surface area (TPSA) is 35.5 Å². The quantitative estimate of drug-likeness (QED) is 0.627. The average Bonchev–Trinajstić information content (AvgIpc) is 3.03. The maximum absolute atomic E-state index is 11.8. The van der Waals surface area contributed by atoms with E-state index in [4.69, 9.17) is 9.47 Å². The highest BCUT2D eigenvalue weighted by Crippen LogP contribution is 2.34. The lowest BCUT2D eigenvalue weighted by atomic mass is 10.1. The summed E-state index contributed by atoms with van der Waals surface area (Å²) in [4.78, 5) is 11.8. The molecule has 3 nitrogen and oxygen atoms in total. The number of benzene rings is 2. The number of carbonyl (C=O) groups is 1. The van der Waals surface area contributed by atoms with Crippen molar-refractivity contribution in [1.29, 1.82) is 0 Å². The highest BCUT2D eigenvalue weighted by Gasteiger charge is 2.22. The third kappa shape index (κ3) is 3.76. The van der Waals surface area contributed by atoms with Crippen molar-refractivity contribution in [2.45, 2.75) is 25.6 Å². The van der Waals surface area contributed by atoms with E-state index in [1.165, 1.54) is 6.08 Å². The molecule has 0 N–H and O–H groups in total. The first-order chi connectivity index (χ1) is 10.8. The fourth-order valence-corrected chi connectivity index (χ4v) is 2.48. The van der Waals surface area contributed by atoms with Gasteiger partial charge in [0, 0.05) is 6.42 Å². The molecule has 22 heavy (non-hydrogen) atoms. The van der Waals surface area contributed by atoms with E-state index < -0.39 is 0 Å². The molecule has 0 saturated carbocycles. The summed E-state index contributed by atoms with van der Waals surface area (Å²) in [6.07, 6.45) is 3.16. The Labute approximate surface area is 130 Å². The van der Waals surface area contributed by atoms with Crippen LogP contribution in [0.15, 0.2) is 72.5 Å². The molecule has 1 saturated heterocycles. The lowest BCUT2D eigenvalue weighted by molar-refractivity contribution is -0.139. The molecule has 1 aliphatic rings. The zero-order chi connectivity index (χ0) is 15.2. The lowest BCUT2D eigenvalue weighted by Crippen LogP contribution is -2.02. The number of hydrogen-bond acceptors (Lipinski definition) is 3. The minimum absolute atomic E-state index is 0.0365. The Kier molecular flexibility index (Phi) is 4.54. The molecule has 0 unspecified atom stereocenters. The fraction of sp³-hybridized carbons (Fsp3) is 0.211. The van der Waals surface area contributed by atoms with Gasteiger partial charge >= 0.3 is 5.97 Å². The fourth-order valence-electron chi connectivity index (χ4n) is 2.48. The van der Waals surface area contributed by atoms with Gasteiger partial charge in [-0.25, -0.2) is 4.79 Å². The monoisotopic (exact) mass is 294 g/mol. The van der Waals surface area contributed by atoms with Gasteiger partial charge in [0.05, 0.1) is 6.08 Å². The largest absolute Gasteiger partial charge is 0.490 e. The minimum Gasteiger partial charge on any atom is -0.490 e. The van der Waals surface area contributed by atoms with E-state index in [1.54, 1.807) is 0 Å². The van der Waals surface area contributed by atoms with E-state index in [0.717, 1.165) is 24.0 Å². The number of rotatable bonds is 4. The van der Waals surface area contributed by atoms with Gasteiger partial charge in [0.25, 0.3) is 0 Å². The number of allylic oxidation sites excluding steroid dienone is 1. The van der Waals surface area contributed by atoms with Crippen molar-refractivity contribution in [2.24, 2.45) is 0 Å². The molecule has 1 atom stereocenters. The van der Waals surface area contributed by atoms with Crippen molar-refractivity contribution in [2.75, 3.05) is 0 Å². The van der Waals surface area contributed by atoms with Crippen LogP contribution in [0, 0.1) is 0 Å². The van der Waals surface area contributed by atoms with E-state index in [1.807, 2.05) is 60.7 Å². The summed E-state index contributed by atoms with van der Waals surface area (Å²) in [6.45, 7) is 0.283. The molecule has 3 rings (SSSR count). The summed E-state index contributed by atoms with van der Waals surface area (Å²) in [5.74, 6) is 0.347. The van der Waals surface area contributed by atoms with Crippen LogP contribution in [0.5, 0.6) is 0 Å². The van der Waals surface area contributed by atoms with Gasteiger partial charge < -0.3 is 9.47 Å². The second-order valence-electron chi connectivity index (χ2n) is 5.26. The predicted molar refractivity (Wildman–Crippen MR) is 83.8 cm³/mol. The molecule has 0 aliphatic carbocycles. The normalized spacial score (nSPS) is 18.9. The number of ether oxygens (including phenoxy) is 2. The number of esters is 1. The Morgan fingerprint density at radius 3 is 2.50 bits per heavy atom. The molecule has 3 heteroatoms. The molecule has 2 aromatic rings. The Morgan fingerprint density at radius 1 is 1.09 bits per heavy atom. The number of carbonyl (C=O) groups excluding carboxylic acids is 1. The van der Waals surface area contributed by atoms with Crippen molar-refractivity contribution in [3.8, 4) is 0 Å². The SMILES string of the molecule is O=C(/C=C1\CC[C@H](c2ccccc2)O1)OCc1ccccc1. The molecule has 1 fully saturated rings. The van der Waals surface area contributed by atoms with E-state index in [2.05, 4.69) is 0 Å². The van der Waals surface area contributed by atoms with Gasteiger partial charge in [-0.15, -0.1) is 0 Å². The second kappa shape index (κ2) is 6.94. The molecular formula is C19H18O3. The van der Waals surface area contributed by atoms with Crippen LogP contribution in [0.3, 0.4) is 0 Å². The van der Waals surface area contributed by atoms with E-state index in [-0.39, 0.29) is 18.7 Å². The van der Waals surface area contributed by atoms with Gasteiger partial charge in [0.2, 0.25) is 0 Å². The second-order valence-corrected chi connectivity index (χ2v) is 5.26. The van der Waals surface area contributed by atoms with E-state index in [0.29, 0.717) is 5.76 Å². The summed E-state index contributed by atoms with van der Waals surface area (Å²) in [5, 5.41) is 0. The lowest BCUT2D eigenvalue weighted by Gasteiger charge is -2.10.